The number of aromatic nitrogens is 1. The van der Waals surface area contributed by atoms with Gasteiger partial charge in [-0.2, -0.15) is 0 Å². The minimum Gasteiger partial charge on any atom is -0.343 e. The molecule has 3 heteroatoms. The highest BCUT2D eigenvalue weighted by Crippen LogP contribution is 2.41. The maximum Gasteiger partial charge on any atom is 0.125 e. The lowest BCUT2D eigenvalue weighted by Gasteiger charge is -2.10. The van der Waals surface area contributed by atoms with Gasteiger partial charge in [-0.1, -0.05) is 0 Å². The number of halogens is 1. The lowest BCUT2D eigenvalue weighted by Crippen LogP contribution is -2.17. The number of benzene rings is 1. The normalized spacial score (nSPS) is 24.2. The van der Waals surface area contributed by atoms with Crippen molar-refractivity contribution in [2.45, 2.75) is 18.5 Å². The fraction of sp³-hybridized carbons (Fsp3) is 0.385. The SMILES string of the molecule is CN(C)C1CC1n1ccc2ccc(F)cc21. The number of rotatable bonds is 2. The molecule has 0 amide bonds. The number of nitrogens with zero attached hydrogens (tertiary/aromatic N) is 2. The van der Waals surface area contributed by atoms with Crippen molar-refractivity contribution in [2.75, 3.05) is 14.1 Å². The first-order valence-corrected chi connectivity index (χ1v) is 5.59. The van der Waals surface area contributed by atoms with Crippen molar-refractivity contribution in [3.8, 4) is 0 Å². The third-order valence-corrected chi connectivity index (χ3v) is 3.43. The predicted molar refractivity (Wildman–Crippen MR) is 63.0 cm³/mol. The van der Waals surface area contributed by atoms with E-state index in [2.05, 4.69) is 35.8 Å². The Morgan fingerprint density at radius 3 is 2.81 bits per heavy atom. The molecule has 84 valence electrons. The highest BCUT2D eigenvalue weighted by Gasteiger charge is 2.40. The van der Waals surface area contributed by atoms with E-state index in [9.17, 15) is 4.39 Å². The summed E-state index contributed by atoms with van der Waals surface area (Å²) in [6.45, 7) is 0. The van der Waals surface area contributed by atoms with Crippen LogP contribution in [-0.2, 0) is 0 Å². The monoisotopic (exact) mass is 218 g/mol. The first-order chi connectivity index (χ1) is 7.66. The molecule has 2 nitrogen and oxygen atoms in total. The molecular formula is C13H15FN2. The minimum atomic E-state index is -0.158. The topological polar surface area (TPSA) is 8.17 Å². The number of fused-ring (bicyclic) bond motifs is 1. The summed E-state index contributed by atoms with van der Waals surface area (Å²) in [5, 5.41) is 1.12. The zero-order valence-electron chi connectivity index (χ0n) is 9.52. The molecule has 0 aliphatic heterocycles. The average molecular weight is 218 g/mol. The van der Waals surface area contributed by atoms with E-state index in [1.165, 1.54) is 6.07 Å². The quantitative estimate of drug-likeness (QED) is 0.752. The largest absolute Gasteiger partial charge is 0.343 e. The van der Waals surface area contributed by atoms with E-state index in [-0.39, 0.29) is 5.82 Å². The van der Waals surface area contributed by atoms with Gasteiger partial charge >= 0.3 is 0 Å². The van der Waals surface area contributed by atoms with Crippen LogP contribution in [0.5, 0.6) is 0 Å². The molecule has 0 bridgehead atoms. The lowest BCUT2D eigenvalue weighted by molar-refractivity contribution is 0.377. The molecule has 0 saturated heterocycles. The van der Waals surface area contributed by atoms with E-state index in [0.29, 0.717) is 12.1 Å². The lowest BCUT2D eigenvalue weighted by atomic mass is 10.2. The van der Waals surface area contributed by atoms with Crippen molar-refractivity contribution in [1.29, 1.82) is 0 Å². The smallest absolute Gasteiger partial charge is 0.125 e. The van der Waals surface area contributed by atoms with Crippen molar-refractivity contribution in [2.24, 2.45) is 0 Å². The van der Waals surface area contributed by atoms with Gasteiger partial charge in [-0.3, -0.25) is 0 Å². The summed E-state index contributed by atoms with van der Waals surface area (Å²) in [5.74, 6) is -0.158. The van der Waals surface area contributed by atoms with E-state index < -0.39 is 0 Å². The van der Waals surface area contributed by atoms with Gasteiger partial charge in [0.25, 0.3) is 0 Å². The minimum absolute atomic E-state index is 0.158. The van der Waals surface area contributed by atoms with E-state index in [1.807, 2.05) is 6.07 Å². The Hall–Kier alpha value is -1.35. The highest BCUT2D eigenvalue weighted by atomic mass is 19.1. The molecule has 2 unspecified atom stereocenters. The van der Waals surface area contributed by atoms with Crippen LogP contribution in [0.1, 0.15) is 12.5 Å². The van der Waals surface area contributed by atoms with Crippen LogP contribution in [0.25, 0.3) is 10.9 Å². The van der Waals surface area contributed by atoms with Crippen LogP contribution in [-0.4, -0.2) is 29.6 Å². The first-order valence-electron chi connectivity index (χ1n) is 5.59. The third kappa shape index (κ3) is 1.43. The fourth-order valence-corrected chi connectivity index (χ4v) is 2.43. The summed E-state index contributed by atoms with van der Waals surface area (Å²) in [6.07, 6.45) is 3.23. The summed E-state index contributed by atoms with van der Waals surface area (Å²) in [4.78, 5) is 2.23. The second-order valence-electron chi connectivity index (χ2n) is 4.76. The Morgan fingerprint density at radius 1 is 1.31 bits per heavy atom. The summed E-state index contributed by atoms with van der Waals surface area (Å²) in [5.41, 5.74) is 1.01. The molecule has 16 heavy (non-hydrogen) atoms. The van der Waals surface area contributed by atoms with Gasteiger partial charge in [-0.05, 0) is 50.2 Å². The molecule has 0 N–H and O–H groups in total. The van der Waals surface area contributed by atoms with Crippen molar-refractivity contribution in [3.05, 3.63) is 36.3 Å². The molecule has 3 rings (SSSR count). The molecule has 0 radical (unpaired) electrons. The molecule has 1 aromatic heterocycles. The van der Waals surface area contributed by atoms with Gasteiger partial charge in [-0.15, -0.1) is 0 Å². The van der Waals surface area contributed by atoms with E-state index in [1.54, 1.807) is 6.07 Å². The molecule has 1 aliphatic rings. The molecule has 1 heterocycles. The molecule has 2 aromatic rings. The molecule has 1 aliphatic carbocycles. The highest BCUT2D eigenvalue weighted by molar-refractivity contribution is 5.80. The van der Waals surface area contributed by atoms with Crippen LogP contribution in [0.15, 0.2) is 30.5 Å². The number of likely N-dealkylation sites (N-methyl/N-ethyl adjacent to an activating group) is 1. The fourth-order valence-electron chi connectivity index (χ4n) is 2.43. The van der Waals surface area contributed by atoms with E-state index in [0.717, 1.165) is 17.3 Å². The third-order valence-electron chi connectivity index (χ3n) is 3.43. The summed E-state index contributed by atoms with van der Waals surface area (Å²) in [7, 11) is 4.19. The molecule has 0 spiro atoms. The molecule has 1 aromatic carbocycles. The second kappa shape index (κ2) is 3.32. The predicted octanol–water partition coefficient (Wildman–Crippen LogP) is 2.66. The van der Waals surface area contributed by atoms with E-state index >= 15 is 0 Å². The van der Waals surface area contributed by atoms with Crippen LogP contribution < -0.4 is 0 Å². The Kier molecular flexibility index (Phi) is 2.04. The zero-order valence-corrected chi connectivity index (χ0v) is 9.52. The zero-order chi connectivity index (χ0) is 11.3. The van der Waals surface area contributed by atoms with Crippen molar-refractivity contribution >= 4 is 10.9 Å². The van der Waals surface area contributed by atoms with Gasteiger partial charge in [0.05, 0.1) is 11.6 Å². The molecular weight excluding hydrogens is 203 g/mol. The summed E-state index contributed by atoms with van der Waals surface area (Å²) < 4.78 is 15.4. The average Bonchev–Trinajstić information content (AvgIpc) is 2.93. The van der Waals surface area contributed by atoms with Gasteiger partial charge in [-0.25, -0.2) is 4.39 Å². The van der Waals surface area contributed by atoms with Gasteiger partial charge in [0.15, 0.2) is 0 Å². The van der Waals surface area contributed by atoms with Crippen LogP contribution >= 0.6 is 0 Å². The standard InChI is InChI=1S/C13H15FN2/c1-15(2)12-8-13(12)16-6-5-9-3-4-10(14)7-11(9)16/h3-7,12-13H,8H2,1-2H3. The molecule has 2 atom stereocenters. The van der Waals surface area contributed by atoms with Crippen molar-refractivity contribution in [3.63, 3.8) is 0 Å². The summed E-state index contributed by atoms with van der Waals surface area (Å²) in [6, 6.07) is 8.14. The second-order valence-corrected chi connectivity index (χ2v) is 4.76. The van der Waals surface area contributed by atoms with Gasteiger partial charge < -0.3 is 9.47 Å². The Balaban J connectivity index is 2.02. The van der Waals surface area contributed by atoms with Crippen LogP contribution in [0.4, 0.5) is 4.39 Å². The van der Waals surface area contributed by atoms with Crippen molar-refractivity contribution < 1.29 is 4.39 Å². The van der Waals surface area contributed by atoms with Crippen LogP contribution in [0, 0.1) is 5.82 Å². The first kappa shape index (κ1) is 9.85. The van der Waals surface area contributed by atoms with Gasteiger partial charge in [0.2, 0.25) is 0 Å². The Labute approximate surface area is 94.3 Å². The van der Waals surface area contributed by atoms with E-state index in [4.69, 9.17) is 0 Å². The Bertz CT molecular complexity index is 530. The Morgan fingerprint density at radius 2 is 2.12 bits per heavy atom. The number of hydrogen-bond acceptors (Lipinski definition) is 1. The molecule has 1 saturated carbocycles. The summed E-state index contributed by atoms with van der Waals surface area (Å²) >= 11 is 0. The number of hydrogen-bond donors (Lipinski definition) is 0. The van der Waals surface area contributed by atoms with Gasteiger partial charge in [0.1, 0.15) is 5.82 Å². The maximum atomic E-state index is 13.2. The maximum absolute atomic E-state index is 13.2. The van der Waals surface area contributed by atoms with Gasteiger partial charge in [0, 0.05) is 12.2 Å². The van der Waals surface area contributed by atoms with Crippen molar-refractivity contribution in [1.82, 2.24) is 9.47 Å². The van der Waals surface area contributed by atoms with Crippen LogP contribution in [0.2, 0.25) is 0 Å². The molecule has 1 fully saturated rings. The van der Waals surface area contributed by atoms with Crippen LogP contribution in [0.3, 0.4) is 0 Å².